The maximum Gasteiger partial charge on any atom is 0.257 e. The largest absolute Gasteiger partial charge is 0.321 e. The molecule has 0 saturated heterocycles. The Kier molecular flexibility index (Phi) is 6.07. The number of nitrogens with zero attached hydrogens (tertiary/aromatic N) is 1. The lowest BCUT2D eigenvalue weighted by molar-refractivity contribution is 0.102. The molecule has 116 valence electrons. The van der Waals surface area contributed by atoms with E-state index < -0.39 is 0 Å². The quantitative estimate of drug-likeness (QED) is 0.737. The Bertz CT molecular complexity index is 740. The number of anilines is 1. The lowest BCUT2D eigenvalue weighted by atomic mass is 10.0. The van der Waals surface area contributed by atoms with Crippen molar-refractivity contribution in [2.75, 3.05) is 5.32 Å². The summed E-state index contributed by atoms with van der Waals surface area (Å²) in [7, 11) is 0. The molecule has 3 nitrogen and oxygen atoms in total. The van der Waals surface area contributed by atoms with Gasteiger partial charge in [0.25, 0.3) is 5.91 Å². The van der Waals surface area contributed by atoms with E-state index in [9.17, 15) is 4.79 Å². The van der Waals surface area contributed by atoms with Crippen molar-refractivity contribution >= 4 is 11.6 Å². The SMILES string of the molecule is CC.O=C(Nc1ccccc1-c1ccccc1)c1cccnc1. The van der Waals surface area contributed by atoms with Gasteiger partial charge in [-0.05, 0) is 23.8 Å². The van der Waals surface area contributed by atoms with Crippen molar-refractivity contribution in [1.82, 2.24) is 4.98 Å². The van der Waals surface area contributed by atoms with E-state index in [1.807, 2.05) is 68.4 Å². The van der Waals surface area contributed by atoms with E-state index in [0.717, 1.165) is 16.8 Å². The lowest BCUT2D eigenvalue weighted by Crippen LogP contribution is -2.12. The van der Waals surface area contributed by atoms with Crippen molar-refractivity contribution in [3.63, 3.8) is 0 Å². The maximum atomic E-state index is 12.2. The Balaban J connectivity index is 0.000000924. The third kappa shape index (κ3) is 4.27. The highest BCUT2D eigenvalue weighted by Crippen LogP contribution is 2.27. The number of benzene rings is 2. The second kappa shape index (κ2) is 8.49. The number of hydrogen-bond acceptors (Lipinski definition) is 2. The highest BCUT2D eigenvalue weighted by atomic mass is 16.1. The molecule has 1 amide bonds. The van der Waals surface area contributed by atoms with Gasteiger partial charge in [-0.25, -0.2) is 0 Å². The Morgan fingerprint density at radius 3 is 2.26 bits per heavy atom. The summed E-state index contributed by atoms with van der Waals surface area (Å²) in [5.74, 6) is -0.161. The van der Waals surface area contributed by atoms with Gasteiger partial charge in [0, 0.05) is 23.6 Å². The molecule has 0 aliphatic rings. The van der Waals surface area contributed by atoms with Gasteiger partial charge in [0.05, 0.1) is 5.56 Å². The van der Waals surface area contributed by atoms with Crippen LogP contribution in [0.3, 0.4) is 0 Å². The van der Waals surface area contributed by atoms with Crippen molar-refractivity contribution in [2.24, 2.45) is 0 Å². The van der Waals surface area contributed by atoms with Gasteiger partial charge in [0.15, 0.2) is 0 Å². The fourth-order valence-corrected chi connectivity index (χ4v) is 2.15. The first-order valence-corrected chi connectivity index (χ1v) is 7.70. The van der Waals surface area contributed by atoms with Crippen LogP contribution in [0.4, 0.5) is 5.69 Å². The first kappa shape index (κ1) is 16.4. The van der Waals surface area contributed by atoms with Crippen molar-refractivity contribution in [1.29, 1.82) is 0 Å². The third-order valence-electron chi connectivity index (χ3n) is 3.18. The van der Waals surface area contributed by atoms with Gasteiger partial charge in [0.1, 0.15) is 0 Å². The smallest absolute Gasteiger partial charge is 0.257 e. The van der Waals surface area contributed by atoms with Gasteiger partial charge in [0.2, 0.25) is 0 Å². The molecule has 0 fully saturated rings. The van der Waals surface area contributed by atoms with Crippen molar-refractivity contribution in [2.45, 2.75) is 13.8 Å². The summed E-state index contributed by atoms with van der Waals surface area (Å²) >= 11 is 0. The van der Waals surface area contributed by atoms with E-state index in [-0.39, 0.29) is 5.91 Å². The molecule has 0 aliphatic heterocycles. The zero-order valence-corrected chi connectivity index (χ0v) is 13.4. The van der Waals surface area contributed by atoms with E-state index in [1.54, 1.807) is 24.5 Å². The van der Waals surface area contributed by atoms with E-state index in [1.165, 1.54) is 0 Å². The first-order valence-electron chi connectivity index (χ1n) is 7.70. The predicted molar refractivity (Wildman–Crippen MR) is 95.4 cm³/mol. The minimum atomic E-state index is -0.161. The number of pyridine rings is 1. The molecular weight excluding hydrogens is 284 g/mol. The summed E-state index contributed by atoms with van der Waals surface area (Å²) in [4.78, 5) is 16.2. The maximum absolute atomic E-state index is 12.2. The molecule has 2 aromatic carbocycles. The molecule has 1 heterocycles. The van der Waals surface area contributed by atoms with Crippen molar-refractivity contribution in [3.8, 4) is 11.1 Å². The summed E-state index contributed by atoms with van der Waals surface area (Å²) < 4.78 is 0. The highest BCUT2D eigenvalue weighted by Gasteiger charge is 2.09. The van der Waals surface area contributed by atoms with Gasteiger partial charge in [-0.1, -0.05) is 62.4 Å². The van der Waals surface area contributed by atoms with Crippen molar-refractivity contribution in [3.05, 3.63) is 84.7 Å². The van der Waals surface area contributed by atoms with Gasteiger partial charge < -0.3 is 5.32 Å². The van der Waals surface area contributed by atoms with Crippen LogP contribution in [0.2, 0.25) is 0 Å². The number of aromatic nitrogens is 1. The van der Waals surface area contributed by atoms with Crippen LogP contribution in [0.25, 0.3) is 11.1 Å². The van der Waals surface area contributed by atoms with Gasteiger partial charge in [-0.15, -0.1) is 0 Å². The fourth-order valence-electron chi connectivity index (χ4n) is 2.15. The molecule has 0 bridgehead atoms. The molecular formula is C20H20N2O. The normalized spacial score (nSPS) is 9.48. The molecule has 0 saturated carbocycles. The number of rotatable bonds is 3. The van der Waals surface area contributed by atoms with Gasteiger partial charge >= 0.3 is 0 Å². The van der Waals surface area contributed by atoms with E-state index >= 15 is 0 Å². The first-order chi connectivity index (χ1) is 11.3. The molecule has 1 aromatic heterocycles. The fraction of sp³-hybridized carbons (Fsp3) is 0.100. The van der Waals surface area contributed by atoms with Crippen LogP contribution < -0.4 is 5.32 Å². The standard InChI is InChI=1S/C18H14N2O.C2H6/c21-18(15-9-6-12-19-13-15)20-17-11-5-4-10-16(17)14-7-2-1-3-8-14;1-2/h1-13H,(H,20,21);1-2H3. The van der Waals surface area contributed by atoms with Crippen LogP contribution in [0.5, 0.6) is 0 Å². The topological polar surface area (TPSA) is 42.0 Å². The molecule has 3 rings (SSSR count). The third-order valence-corrected chi connectivity index (χ3v) is 3.18. The van der Waals surface area contributed by atoms with Crippen LogP contribution in [0.15, 0.2) is 79.1 Å². The second-order valence-corrected chi connectivity index (χ2v) is 4.61. The predicted octanol–water partition coefficient (Wildman–Crippen LogP) is 5.03. The van der Waals surface area contributed by atoms with E-state index in [4.69, 9.17) is 0 Å². The Morgan fingerprint density at radius 1 is 0.870 bits per heavy atom. The minimum absolute atomic E-state index is 0.161. The summed E-state index contributed by atoms with van der Waals surface area (Å²) in [6, 6.07) is 21.2. The number of amides is 1. The monoisotopic (exact) mass is 304 g/mol. The zero-order chi connectivity index (χ0) is 16.5. The van der Waals surface area contributed by atoms with E-state index in [0.29, 0.717) is 5.56 Å². The molecule has 1 N–H and O–H groups in total. The Labute approximate surface area is 137 Å². The van der Waals surface area contributed by atoms with Crippen molar-refractivity contribution < 1.29 is 4.79 Å². The molecule has 0 atom stereocenters. The Hall–Kier alpha value is -2.94. The summed E-state index contributed by atoms with van der Waals surface area (Å²) in [6.07, 6.45) is 3.20. The van der Waals surface area contributed by atoms with Crippen LogP contribution >= 0.6 is 0 Å². The summed E-state index contributed by atoms with van der Waals surface area (Å²) in [5, 5.41) is 2.95. The average Bonchev–Trinajstić information content (AvgIpc) is 2.65. The number of para-hydroxylation sites is 1. The molecule has 0 spiro atoms. The molecule has 3 aromatic rings. The molecule has 0 aliphatic carbocycles. The summed E-state index contributed by atoms with van der Waals surface area (Å²) in [6.45, 7) is 4.00. The van der Waals surface area contributed by atoms with Crippen LogP contribution in [0, 0.1) is 0 Å². The van der Waals surface area contributed by atoms with Crippen LogP contribution in [0.1, 0.15) is 24.2 Å². The Morgan fingerprint density at radius 2 is 1.57 bits per heavy atom. The molecule has 0 unspecified atom stereocenters. The second-order valence-electron chi connectivity index (χ2n) is 4.61. The van der Waals surface area contributed by atoms with Gasteiger partial charge in [-0.3, -0.25) is 9.78 Å². The summed E-state index contributed by atoms with van der Waals surface area (Å²) in [5.41, 5.74) is 3.40. The number of carbonyl (C=O) groups is 1. The molecule has 23 heavy (non-hydrogen) atoms. The van der Waals surface area contributed by atoms with Gasteiger partial charge in [-0.2, -0.15) is 0 Å². The average molecular weight is 304 g/mol. The zero-order valence-electron chi connectivity index (χ0n) is 13.4. The molecule has 0 radical (unpaired) electrons. The number of carbonyl (C=O) groups excluding carboxylic acids is 1. The van der Waals surface area contributed by atoms with Crippen LogP contribution in [-0.4, -0.2) is 10.9 Å². The molecule has 3 heteroatoms. The van der Waals surface area contributed by atoms with E-state index in [2.05, 4.69) is 10.3 Å². The minimum Gasteiger partial charge on any atom is -0.321 e. The lowest BCUT2D eigenvalue weighted by Gasteiger charge is -2.11. The number of nitrogens with one attached hydrogen (secondary N) is 1. The highest BCUT2D eigenvalue weighted by molar-refractivity contribution is 6.06. The number of hydrogen-bond donors (Lipinski definition) is 1. The van der Waals surface area contributed by atoms with Crippen LogP contribution in [-0.2, 0) is 0 Å².